The Bertz CT molecular complexity index is 623. The van der Waals surface area contributed by atoms with Crippen molar-refractivity contribution in [1.82, 2.24) is 0 Å². The number of aliphatic hydroxyl groups is 1. The van der Waals surface area contributed by atoms with Crippen molar-refractivity contribution in [3.05, 3.63) is 63.4 Å². The summed E-state index contributed by atoms with van der Waals surface area (Å²) in [4.78, 5) is 0. The standard InChI is InChI=1S/C14H10BrF3O2/c1-20-8-5-11(17)13(12(18)6-8)14(19)9-4-7(16)2-3-10(9)15/h2-6,14,19H,1H3. The lowest BCUT2D eigenvalue weighted by atomic mass is 10.00. The third-order valence-corrected chi connectivity index (χ3v) is 3.54. The van der Waals surface area contributed by atoms with Gasteiger partial charge in [0.2, 0.25) is 0 Å². The summed E-state index contributed by atoms with van der Waals surface area (Å²) in [6.07, 6.45) is -1.63. The molecule has 106 valence electrons. The molecule has 0 spiro atoms. The van der Waals surface area contributed by atoms with E-state index in [0.717, 1.165) is 18.2 Å². The Kier molecular flexibility index (Phi) is 4.35. The van der Waals surface area contributed by atoms with Crippen molar-refractivity contribution in [2.24, 2.45) is 0 Å². The van der Waals surface area contributed by atoms with E-state index in [0.29, 0.717) is 4.47 Å². The maximum absolute atomic E-state index is 13.9. The molecule has 1 unspecified atom stereocenters. The van der Waals surface area contributed by atoms with Crippen LogP contribution in [0.5, 0.6) is 5.75 Å². The SMILES string of the molecule is COc1cc(F)c(C(O)c2cc(F)ccc2Br)c(F)c1. The Morgan fingerprint density at radius 1 is 1.10 bits per heavy atom. The molecular formula is C14H10BrF3O2. The molecule has 0 aliphatic rings. The molecule has 0 heterocycles. The molecule has 0 amide bonds. The monoisotopic (exact) mass is 346 g/mol. The lowest BCUT2D eigenvalue weighted by Crippen LogP contribution is -2.07. The highest BCUT2D eigenvalue weighted by Crippen LogP contribution is 2.33. The molecular weight excluding hydrogens is 337 g/mol. The van der Waals surface area contributed by atoms with Crippen molar-refractivity contribution in [1.29, 1.82) is 0 Å². The molecule has 1 atom stereocenters. The smallest absolute Gasteiger partial charge is 0.135 e. The number of aliphatic hydroxyl groups excluding tert-OH is 1. The summed E-state index contributed by atoms with van der Waals surface area (Å²) < 4.78 is 46.0. The normalized spacial score (nSPS) is 12.3. The Balaban J connectivity index is 2.53. The van der Waals surface area contributed by atoms with Crippen LogP contribution in [0.3, 0.4) is 0 Å². The van der Waals surface area contributed by atoms with Gasteiger partial charge in [0.05, 0.1) is 12.7 Å². The summed E-state index contributed by atoms with van der Waals surface area (Å²) >= 11 is 3.11. The molecule has 0 aromatic heterocycles. The third kappa shape index (κ3) is 2.81. The van der Waals surface area contributed by atoms with E-state index in [1.807, 2.05) is 0 Å². The van der Waals surface area contributed by atoms with Gasteiger partial charge in [-0.1, -0.05) is 15.9 Å². The first-order valence-electron chi connectivity index (χ1n) is 5.60. The van der Waals surface area contributed by atoms with Gasteiger partial charge in [0, 0.05) is 22.2 Å². The van der Waals surface area contributed by atoms with Crippen molar-refractivity contribution in [2.75, 3.05) is 7.11 Å². The molecule has 0 bridgehead atoms. The number of ether oxygens (including phenoxy) is 1. The minimum Gasteiger partial charge on any atom is -0.497 e. The topological polar surface area (TPSA) is 29.5 Å². The molecule has 1 N–H and O–H groups in total. The molecule has 0 radical (unpaired) electrons. The van der Waals surface area contributed by atoms with Gasteiger partial charge in [-0.25, -0.2) is 13.2 Å². The molecule has 2 aromatic carbocycles. The second-order valence-corrected chi connectivity index (χ2v) is 4.93. The second kappa shape index (κ2) is 5.85. The van der Waals surface area contributed by atoms with Crippen LogP contribution in [0.1, 0.15) is 17.2 Å². The predicted octanol–water partition coefficient (Wildman–Crippen LogP) is 3.96. The van der Waals surface area contributed by atoms with E-state index >= 15 is 0 Å². The first-order valence-corrected chi connectivity index (χ1v) is 6.39. The van der Waals surface area contributed by atoms with Crippen molar-refractivity contribution in [3.8, 4) is 5.75 Å². The Labute approximate surface area is 121 Å². The third-order valence-electron chi connectivity index (χ3n) is 2.81. The van der Waals surface area contributed by atoms with E-state index in [9.17, 15) is 18.3 Å². The van der Waals surface area contributed by atoms with Crippen LogP contribution in [0.4, 0.5) is 13.2 Å². The zero-order valence-corrected chi connectivity index (χ0v) is 11.9. The van der Waals surface area contributed by atoms with Crippen molar-refractivity contribution >= 4 is 15.9 Å². The number of halogens is 4. The van der Waals surface area contributed by atoms with Gasteiger partial charge in [0.15, 0.2) is 0 Å². The van der Waals surface area contributed by atoms with Crippen LogP contribution >= 0.6 is 15.9 Å². The van der Waals surface area contributed by atoms with E-state index in [1.165, 1.54) is 19.2 Å². The van der Waals surface area contributed by atoms with Crippen molar-refractivity contribution in [3.63, 3.8) is 0 Å². The molecule has 0 saturated carbocycles. The molecule has 2 rings (SSSR count). The maximum Gasteiger partial charge on any atom is 0.135 e. The summed E-state index contributed by atoms with van der Waals surface area (Å²) in [5, 5.41) is 10.1. The number of hydrogen-bond acceptors (Lipinski definition) is 2. The van der Waals surface area contributed by atoms with E-state index in [4.69, 9.17) is 4.74 Å². The van der Waals surface area contributed by atoms with Crippen LogP contribution in [0.15, 0.2) is 34.8 Å². The zero-order chi connectivity index (χ0) is 14.9. The molecule has 20 heavy (non-hydrogen) atoms. The highest BCUT2D eigenvalue weighted by Gasteiger charge is 2.23. The van der Waals surface area contributed by atoms with Gasteiger partial charge in [-0.05, 0) is 18.2 Å². The highest BCUT2D eigenvalue weighted by molar-refractivity contribution is 9.10. The molecule has 0 saturated heterocycles. The fraction of sp³-hybridized carbons (Fsp3) is 0.143. The fourth-order valence-electron chi connectivity index (χ4n) is 1.82. The minimum absolute atomic E-state index is 0.00532. The second-order valence-electron chi connectivity index (χ2n) is 4.07. The lowest BCUT2D eigenvalue weighted by Gasteiger charge is -2.16. The van der Waals surface area contributed by atoms with Crippen LogP contribution in [-0.2, 0) is 0 Å². The largest absolute Gasteiger partial charge is 0.497 e. The quantitative estimate of drug-likeness (QED) is 0.911. The fourth-order valence-corrected chi connectivity index (χ4v) is 2.28. The summed E-state index contributed by atoms with van der Waals surface area (Å²) in [7, 11) is 1.27. The Morgan fingerprint density at radius 2 is 1.70 bits per heavy atom. The van der Waals surface area contributed by atoms with E-state index in [1.54, 1.807) is 0 Å². The molecule has 2 nitrogen and oxygen atoms in total. The molecule has 0 fully saturated rings. The summed E-state index contributed by atoms with van der Waals surface area (Å²) in [5.74, 6) is -2.55. The Hall–Kier alpha value is -1.53. The van der Waals surface area contributed by atoms with Crippen molar-refractivity contribution < 1.29 is 23.0 Å². The number of rotatable bonds is 3. The van der Waals surface area contributed by atoms with Gasteiger partial charge in [-0.2, -0.15) is 0 Å². The van der Waals surface area contributed by atoms with Crippen molar-refractivity contribution in [2.45, 2.75) is 6.10 Å². The summed E-state index contributed by atoms with van der Waals surface area (Å²) in [5.41, 5.74) is -0.523. The van der Waals surface area contributed by atoms with Gasteiger partial charge >= 0.3 is 0 Å². The molecule has 6 heteroatoms. The number of methoxy groups -OCH3 is 1. The summed E-state index contributed by atoms with van der Waals surface area (Å²) in [6.45, 7) is 0. The molecule has 2 aromatic rings. The Morgan fingerprint density at radius 3 is 2.25 bits per heavy atom. The maximum atomic E-state index is 13.9. The van der Waals surface area contributed by atoms with Gasteiger partial charge in [-0.15, -0.1) is 0 Å². The molecule has 0 aliphatic carbocycles. The van der Waals surface area contributed by atoms with Gasteiger partial charge in [0.1, 0.15) is 29.3 Å². The average molecular weight is 347 g/mol. The van der Waals surface area contributed by atoms with Crippen LogP contribution in [-0.4, -0.2) is 12.2 Å². The first-order chi connectivity index (χ1) is 9.43. The number of hydrogen-bond donors (Lipinski definition) is 1. The van der Waals surface area contributed by atoms with Crippen LogP contribution < -0.4 is 4.74 Å². The average Bonchev–Trinajstić information content (AvgIpc) is 2.40. The predicted molar refractivity (Wildman–Crippen MR) is 71.1 cm³/mol. The minimum atomic E-state index is -1.63. The number of benzene rings is 2. The van der Waals surface area contributed by atoms with E-state index < -0.39 is 29.1 Å². The van der Waals surface area contributed by atoms with Crippen LogP contribution in [0, 0.1) is 17.5 Å². The van der Waals surface area contributed by atoms with Crippen LogP contribution in [0.25, 0.3) is 0 Å². The highest BCUT2D eigenvalue weighted by atomic mass is 79.9. The summed E-state index contributed by atoms with van der Waals surface area (Å²) in [6, 6.07) is 5.44. The first kappa shape index (κ1) is 14.9. The lowest BCUT2D eigenvalue weighted by molar-refractivity contribution is 0.207. The van der Waals surface area contributed by atoms with Gasteiger partial charge in [-0.3, -0.25) is 0 Å². The molecule has 0 aliphatic heterocycles. The van der Waals surface area contributed by atoms with E-state index in [2.05, 4.69) is 15.9 Å². The van der Waals surface area contributed by atoms with Gasteiger partial charge < -0.3 is 9.84 Å². The van der Waals surface area contributed by atoms with Gasteiger partial charge in [0.25, 0.3) is 0 Å². The van der Waals surface area contributed by atoms with Crippen LogP contribution in [0.2, 0.25) is 0 Å². The zero-order valence-electron chi connectivity index (χ0n) is 10.3. The van der Waals surface area contributed by atoms with E-state index in [-0.39, 0.29) is 11.3 Å².